The molecule has 0 radical (unpaired) electrons. The van der Waals surface area contributed by atoms with Gasteiger partial charge in [0.05, 0.1) is 6.61 Å². The van der Waals surface area contributed by atoms with Gasteiger partial charge in [-0.05, 0) is 43.4 Å². The maximum Gasteiger partial charge on any atom is 0.0534 e. The summed E-state index contributed by atoms with van der Waals surface area (Å²) in [5, 5.41) is 3.57. The van der Waals surface area contributed by atoms with Crippen molar-refractivity contribution >= 4 is 11.8 Å². The average Bonchev–Trinajstić information content (AvgIpc) is 2.89. The van der Waals surface area contributed by atoms with Gasteiger partial charge in [0.25, 0.3) is 0 Å². The molecule has 1 fully saturated rings. The quantitative estimate of drug-likeness (QED) is 0.894. The van der Waals surface area contributed by atoms with Gasteiger partial charge in [-0.1, -0.05) is 25.1 Å². The summed E-state index contributed by atoms with van der Waals surface area (Å²) in [5.74, 6) is 1.95. The SMILES string of the molecule is CCNCC1(CC2CSc3ccccc32)CCCOC1. The molecule has 0 aromatic heterocycles. The van der Waals surface area contributed by atoms with Crippen LogP contribution >= 0.6 is 11.8 Å². The Morgan fingerprint density at radius 1 is 1.40 bits per heavy atom. The predicted octanol–water partition coefficient (Wildman–Crippen LogP) is 3.67. The first-order valence-electron chi connectivity index (χ1n) is 7.83. The maximum absolute atomic E-state index is 5.83. The highest BCUT2D eigenvalue weighted by atomic mass is 32.2. The van der Waals surface area contributed by atoms with E-state index < -0.39 is 0 Å². The zero-order valence-electron chi connectivity index (χ0n) is 12.4. The lowest BCUT2D eigenvalue weighted by Crippen LogP contribution is -2.42. The van der Waals surface area contributed by atoms with E-state index in [9.17, 15) is 0 Å². The van der Waals surface area contributed by atoms with Gasteiger partial charge in [-0.25, -0.2) is 0 Å². The smallest absolute Gasteiger partial charge is 0.0534 e. The molecule has 20 heavy (non-hydrogen) atoms. The van der Waals surface area contributed by atoms with Crippen LogP contribution in [0.15, 0.2) is 29.2 Å². The minimum Gasteiger partial charge on any atom is -0.381 e. The summed E-state index contributed by atoms with van der Waals surface area (Å²) in [6.07, 6.45) is 3.79. The molecule has 1 N–H and O–H groups in total. The summed E-state index contributed by atoms with van der Waals surface area (Å²) in [5.41, 5.74) is 1.91. The van der Waals surface area contributed by atoms with Crippen LogP contribution in [0.4, 0.5) is 0 Å². The van der Waals surface area contributed by atoms with Gasteiger partial charge >= 0.3 is 0 Å². The normalized spacial score (nSPS) is 29.4. The van der Waals surface area contributed by atoms with Crippen molar-refractivity contribution in [2.75, 3.05) is 32.1 Å². The second-order valence-corrected chi connectivity index (χ2v) is 7.25. The number of rotatable bonds is 5. The third kappa shape index (κ3) is 3.05. The van der Waals surface area contributed by atoms with Crippen LogP contribution < -0.4 is 5.32 Å². The lowest BCUT2D eigenvalue weighted by atomic mass is 9.74. The van der Waals surface area contributed by atoms with Crippen molar-refractivity contribution in [2.24, 2.45) is 5.41 Å². The van der Waals surface area contributed by atoms with Crippen LogP contribution in [-0.4, -0.2) is 32.1 Å². The number of benzene rings is 1. The summed E-state index contributed by atoms with van der Waals surface area (Å²) in [4.78, 5) is 1.49. The van der Waals surface area contributed by atoms with Crippen molar-refractivity contribution in [2.45, 2.75) is 37.0 Å². The Hall–Kier alpha value is -0.510. The van der Waals surface area contributed by atoms with Crippen LogP contribution in [0.1, 0.15) is 37.7 Å². The number of fused-ring (bicyclic) bond motifs is 1. The van der Waals surface area contributed by atoms with Gasteiger partial charge in [-0.3, -0.25) is 0 Å². The predicted molar refractivity (Wildman–Crippen MR) is 85.6 cm³/mol. The molecule has 1 aromatic rings. The molecule has 2 atom stereocenters. The molecule has 3 heteroatoms. The van der Waals surface area contributed by atoms with Crippen molar-refractivity contribution in [3.05, 3.63) is 29.8 Å². The fourth-order valence-corrected chi connectivity index (χ4v) is 4.85. The van der Waals surface area contributed by atoms with Gasteiger partial charge in [0.15, 0.2) is 0 Å². The standard InChI is InChI=1S/C17H25NOS/c1-2-18-12-17(8-5-9-19-13-17)10-14-11-20-16-7-4-3-6-15(14)16/h3-4,6-7,14,18H,2,5,8-13H2,1H3. The van der Waals surface area contributed by atoms with E-state index in [4.69, 9.17) is 4.74 Å². The first kappa shape index (κ1) is 14.4. The summed E-state index contributed by atoms with van der Waals surface area (Å²) < 4.78 is 5.83. The average molecular weight is 291 g/mol. The molecule has 0 bridgehead atoms. The van der Waals surface area contributed by atoms with Crippen molar-refractivity contribution in [1.29, 1.82) is 0 Å². The molecule has 2 aliphatic rings. The van der Waals surface area contributed by atoms with Crippen LogP contribution in [0.25, 0.3) is 0 Å². The minimum absolute atomic E-state index is 0.344. The van der Waals surface area contributed by atoms with E-state index in [0.29, 0.717) is 11.3 Å². The molecule has 3 rings (SSSR count). The van der Waals surface area contributed by atoms with Crippen LogP contribution in [0.3, 0.4) is 0 Å². The van der Waals surface area contributed by atoms with E-state index in [1.807, 2.05) is 11.8 Å². The third-order valence-corrected chi connectivity index (χ3v) is 5.88. The van der Waals surface area contributed by atoms with Gasteiger partial charge in [0, 0.05) is 29.2 Å². The minimum atomic E-state index is 0.344. The molecule has 2 heterocycles. The molecular weight excluding hydrogens is 266 g/mol. The second kappa shape index (κ2) is 6.50. The number of hydrogen-bond acceptors (Lipinski definition) is 3. The van der Waals surface area contributed by atoms with Gasteiger partial charge in [-0.15, -0.1) is 11.8 Å². The number of hydrogen-bond donors (Lipinski definition) is 1. The largest absolute Gasteiger partial charge is 0.381 e. The fourth-order valence-electron chi connectivity index (χ4n) is 3.59. The van der Waals surface area contributed by atoms with E-state index in [1.165, 1.54) is 29.9 Å². The fraction of sp³-hybridized carbons (Fsp3) is 0.647. The van der Waals surface area contributed by atoms with E-state index in [-0.39, 0.29) is 0 Å². The summed E-state index contributed by atoms with van der Waals surface area (Å²) in [7, 11) is 0. The summed E-state index contributed by atoms with van der Waals surface area (Å²) in [6.45, 7) is 6.23. The van der Waals surface area contributed by atoms with Crippen LogP contribution in [0, 0.1) is 5.41 Å². The van der Waals surface area contributed by atoms with Crippen molar-refractivity contribution < 1.29 is 4.74 Å². The van der Waals surface area contributed by atoms with Gasteiger partial charge in [0.2, 0.25) is 0 Å². The number of nitrogens with one attached hydrogen (secondary N) is 1. The van der Waals surface area contributed by atoms with E-state index in [2.05, 4.69) is 36.5 Å². The Bertz CT molecular complexity index is 442. The van der Waals surface area contributed by atoms with E-state index in [1.54, 1.807) is 5.56 Å². The van der Waals surface area contributed by atoms with E-state index in [0.717, 1.165) is 26.3 Å². The van der Waals surface area contributed by atoms with Crippen LogP contribution in [0.5, 0.6) is 0 Å². The molecule has 1 saturated heterocycles. The Morgan fingerprint density at radius 2 is 2.30 bits per heavy atom. The first-order valence-corrected chi connectivity index (χ1v) is 8.82. The highest BCUT2D eigenvalue weighted by Crippen LogP contribution is 2.46. The van der Waals surface area contributed by atoms with Crippen molar-refractivity contribution in [1.82, 2.24) is 5.32 Å². The molecule has 110 valence electrons. The zero-order valence-corrected chi connectivity index (χ0v) is 13.2. The Labute approximate surface area is 126 Å². The molecular formula is C17H25NOS. The number of thioether (sulfide) groups is 1. The lowest BCUT2D eigenvalue weighted by molar-refractivity contribution is -0.0145. The molecule has 0 spiro atoms. The topological polar surface area (TPSA) is 21.3 Å². The molecule has 0 saturated carbocycles. The zero-order chi connectivity index (χ0) is 13.8. The van der Waals surface area contributed by atoms with Gasteiger partial charge in [0.1, 0.15) is 0 Å². The maximum atomic E-state index is 5.83. The summed E-state index contributed by atoms with van der Waals surface area (Å²) in [6, 6.07) is 8.94. The Balaban J connectivity index is 1.73. The molecule has 2 nitrogen and oxygen atoms in total. The van der Waals surface area contributed by atoms with Gasteiger partial charge in [-0.2, -0.15) is 0 Å². The summed E-state index contributed by atoms with van der Waals surface area (Å²) >= 11 is 2.03. The van der Waals surface area contributed by atoms with Crippen molar-refractivity contribution in [3.8, 4) is 0 Å². The lowest BCUT2D eigenvalue weighted by Gasteiger charge is -2.39. The monoisotopic (exact) mass is 291 g/mol. The third-order valence-electron chi connectivity index (χ3n) is 4.63. The van der Waals surface area contributed by atoms with Crippen LogP contribution in [-0.2, 0) is 4.74 Å². The molecule has 0 amide bonds. The molecule has 1 aromatic carbocycles. The van der Waals surface area contributed by atoms with Crippen molar-refractivity contribution in [3.63, 3.8) is 0 Å². The van der Waals surface area contributed by atoms with Crippen LogP contribution in [0.2, 0.25) is 0 Å². The number of ether oxygens (including phenoxy) is 1. The first-order chi connectivity index (χ1) is 9.83. The molecule has 0 aliphatic carbocycles. The highest BCUT2D eigenvalue weighted by Gasteiger charge is 2.37. The highest BCUT2D eigenvalue weighted by molar-refractivity contribution is 7.99. The molecule has 2 unspecified atom stereocenters. The molecule has 2 aliphatic heterocycles. The Kier molecular flexibility index (Phi) is 4.69. The van der Waals surface area contributed by atoms with Gasteiger partial charge < -0.3 is 10.1 Å². The second-order valence-electron chi connectivity index (χ2n) is 6.19. The van der Waals surface area contributed by atoms with E-state index >= 15 is 0 Å². The Morgan fingerprint density at radius 3 is 3.10 bits per heavy atom.